The number of halogens is 1. The van der Waals surface area contributed by atoms with Crippen LogP contribution in [0.4, 0.5) is 11.5 Å². The number of nitrogens with one attached hydrogen (secondary N) is 1. The van der Waals surface area contributed by atoms with Crippen LogP contribution in [-0.2, 0) is 0 Å². The molecule has 3 N–H and O–H groups in total. The van der Waals surface area contributed by atoms with Crippen LogP contribution in [0.5, 0.6) is 0 Å². The molecule has 0 saturated heterocycles. The summed E-state index contributed by atoms with van der Waals surface area (Å²) >= 11 is 3.37. The Labute approximate surface area is 111 Å². The van der Waals surface area contributed by atoms with Crippen molar-refractivity contribution < 1.29 is 0 Å². The lowest BCUT2D eigenvalue weighted by Gasteiger charge is -2.35. The van der Waals surface area contributed by atoms with Gasteiger partial charge in [0.15, 0.2) is 0 Å². The van der Waals surface area contributed by atoms with Crippen molar-refractivity contribution in [1.29, 1.82) is 0 Å². The molecule has 0 radical (unpaired) electrons. The summed E-state index contributed by atoms with van der Waals surface area (Å²) in [5.74, 6) is 0.818. The highest BCUT2D eigenvalue weighted by atomic mass is 79.9. The average molecular weight is 298 g/mol. The van der Waals surface area contributed by atoms with E-state index in [1.165, 1.54) is 25.7 Å². The molecule has 3 nitrogen and oxygen atoms in total. The number of hydrogen-bond donors (Lipinski definition) is 2. The van der Waals surface area contributed by atoms with Gasteiger partial charge >= 0.3 is 0 Å². The second-order valence-corrected chi connectivity index (χ2v) is 6.59. The zero-order chi connectivity index (χ0) is 12.5. The summed E-state index contributed by atoms with van der Waals surface area (Å²) in [4.78, 5) is 4.33. The lowest BCUT2D eigenvalue weighted by Crippen LogP contribution is -2.30. The summed E-state index contributed by atoms with van der Waals surface area (Å²) in [7, 11) is 0. The van der Waals surface area contributed by atoms with Gasteiger partial charge in [-0.05, 0) is 53.1 Å². The molecule has 0 atom stereocenters. The van der Waals surface area contributed by atoms with Gasteiger partial charge in [-0.25, -0.2) is 4.98 Å². The highest BCUT2D eigenvalue weighted by Crippen LogP contribution is 2.36. The van der Waals surface area contributed by atoms with Crippen molar-refractivity contribution >= 4 is 27.4 Å². The van der Waals surface area contributed by atoms with E-state index in [0.717, 1.165) is 10.3 Å². The van der Waals surface area contributed by atoms with Crippen molar-refractivity contribution in [1.82, 2.24) is 4.98 Å². The topological polar surface area (TPSA) is 50.9 Å². The summed E-state index contributed by atoms with van der Waals surface area (Å²) in [6.07, 6.45) is 6.71. The quantitative estimate of drug-likeness (QED) is 0.873. The van der Waals surface area contributed by atoms with Gasteiger partial charge < -0.3 is 11.1 Å². The maximum absolute atomic E-state index is 5.94. The zero-order valence-corrected chi connectivity index (χ0v) is 12.0. The van der Waals surface area contributed by atoms with E-state index in [2.05, 4.69) is 40.1 Å². The normalized spacial score (nSPS) is 20.2. The largest absolute Gasteiger partial charge is 0.396 e. The van der Waals surface area contributed by atoms with Gasteiger partial charge in [-0.2, -0.15) is 0 Å². The minimum Gasteiger partial charge on any atom is -0.396 e. The maximum Gasteiger partial charge on any atom is 0.149 e. The van der Waals surface area contributed by atoms with Crippen molar-refractivity contribution in [3.8, 4) is 0 Å². The Balaban J connectivity index is 1.98. The van der Waals surface area contributed by atoms with Crippen LogP contribution in [0.2, 0.25) is 0 Å². The molecule has 0 amide bonds. The molecule has 1 saturated carbocycles. The van der Waals surface area contributed by atoms with Crippen LogP contribution in [0, 0.1) is 5.41 Å². The van der Waals surface area contributed by atoms with Crippen LogP contribution in [0.1, 0.15) is 39.5 Å². The van der Waals surface area contributed by atoms with Crippen LogP contribution >= 0.6 is 15.9 Å². The van der Waals surface area contributed by atoms with E-state index in [1.54, 1.807) is 6.20 Å². The molecule has 1 aromatic rings. The van der Waals surface area contributed by atoms with Crippen molar-refractivity contribution in [2.75, 3.05) is 11.1 Å². The Morgan fingerprint density at radius 3 is 2.65 bits per heavy atom. The fourth-order valence-electron chi connectivity index (χ4n) is 2.31. The minimum absolute atomic E-state index is 0.497. The fourth-order valence-corrected chi connectivity index (χ4v) is 2.66. The molecule has 0 spiro atoms. The van der Waals surface area contributed by atoms with E-state index in [9.17, 15) is 0 Å². The van der Waals surface area contributed by atoms with E-state index in [1.807, 2.05) is 6.07 Å². The molecule has 1 heterocycles. The van der Waals surface area contributed by atoms with Crippen molar-refractivity contribution in [3.05, 3.63) is 16.7 Å². The third kappa shape index (κ3) is 3.35. The Bertz CT molecular complexity index is 394. The highest BCUT2D eigenvalue weighted by molar-refractivity contribution is 9.10. The molecule has 94 valence electrons. The molecule has 1 aliphatic rings. The van der Waals surface area contributed by atoms with Crippen LogP contribution < -0.4 is 11.1 Å². The lowest BCUT2D eigenvalue weighted by molar-refractivity contribution is 0.232. The molecule has 17 heavy (non-hydrogen) atoms. The average Bonchev–Trinajstić information content (AvgIpc) is 2.25. The molecular formula is C13H20BrN3. The molecule has 1 fully saturated rings. The molecular weight excluding hydrogens is 278 g/mol. The van der Waals surface area contributed by atoms with Gasteiger partial charge in [0, 0.05) is 16.7 Å². The van der Waals surface area contributed by atoms with Crippen LogP contribution in [0.15, 0.2) is 16.7 Å². The van der Waals surface area contributed by atoms with Crippen molar-refractivity contribution in [3.63, 3.8) is 0 Å². The summed E-state index contributed by atoms with van der Waals surface area (Å²) in [5, 5.41) is 3.46. The number of rotatable bonds is 2. The molecule has 0 aromatic carbocycles. The van der Waals surface area contributed by atoms with E-state index < -0.39 is 0 Å². The second-order valence-electron chi connectivity index (χ2n) is 5.67. The van der Waals surface area contributed by atoms with E-state index in [-0.39, 0.29) is 0 Å². The van der Waals surface area contributed by atoms with E-state index >= 15 is 0 Å². The van der Waals surface area contributed by atoms with Crippen LogP contribution in [0.25, 0.3) is 0 Å². The Kier molecular flexibility index (Phi) is 3.61. The van der Waals surface area contributed by atoms with E-state index in [0.29, 0.717) is 17.1 Å². The van der Waals surface area contributed by atoms with Crippen LogP contribution in [-0.4, -0.2) is 11.0 Å². The molecule has 0 aliphatic heterocycles. The summed E-state index contributed by atoms with van der Waals surface area (Å²) in [6, 6.07) is 2.40. The summed E-state index contributed by atoms with van der Waals surface area (Å²) in [5.41, 5.74) is 7.15. The lowest BCUT2D eigenvalue weighted by atomic mass is 9.75. The monoisotopic (exact) mass is 297 g/mol. The Morgan fingerprint density at radius 2 is 2.06 bits per heavy atom. The number of nitrogens with zero attached hydrogens (tertiary/aromatic N) is 1. The number of hydrogen-bond acceptors (Lipinski definition) is 3. The Hall–Kier alpha value is -0.770. The van der Waals surface area contributed by atoms with Gasteiger partial charge in [-0.1, -0.05) is 13.8 Å². The number of anilines is 2. The van der Waals surface area contributed by atoms with E-state index in [4.69, 9.17) is 5.73 Å². The molecule has 0 bridgehead atoms. The molecule has 0 unspecified atom stereocenters. The molecule has 2 rings (SSSR count). The summed E-state index contributed by atoms with van der Waals surface area (Å²) in [6.45, 7) is 4.69. The first kappa shape index (κ1) is 12.7. The maximum atomic E-state index is 5.94. The van der Waals surface area contributed by atoms with Gasteiger partial charge in [0.05, 0.1) is 5.69 Å². The van der Waals surface area contributed by atoms with Gasteiger partial charge in [0.1, 0.15) is 5.82 Å². The number of aromatic nitrogens is 1. The predicted octanol–water partition coefficient (Wildman–Crippen LogP) is 3.81. The first-order valence-corrected chi connectivity index (χ1v) is 6.93. The third-order valence-corrected chi connectivity index (χ3v) is 4.00. The first-order chi connectivity index (χ1) is 7.96. The number of nitrogen functional groups attached to an aromatic ring is 1. The highest BCUT2D eigenvalue weighted by Gasteiger charge is 2.27. The number of pyridine rings is 1. The molecule has 1 aromatic heterocycles. The molecule has 4 heteroatoms. The standard InChI is InChI=1S/C13H20BrN3/c1-13(2)5-3-10(4-6-13)17-12-11(15)7-9(14)8-16-12/h7-8,10H,3-6,15H2,1-2H3,(H,16,17). The minimum atomic E-state index is 0.497. The smallest absolute Gasteiger partial charge is 0.149 e. The zero-order valence-electron chi connectivity index (χ0n) is 10.5. The van der Waals surface area contributed by atoms with Gasteiger partial charge in [-0.3, -0.25) is 0 Å². The Morgan fingerprint density at radius 1 is 1.41 bits per heavy atom. The first-order valence-electron chi connectivity index (χ1n) is 6.14. The van der Waals surface area contributed by atoms with Crippen molar-refractivity contribution in [2.24, 2.45) is 5.41 Å². The van der Waals surface area contributed by atoms with Crippen LogP contribution in [0.3, 0.4) is 0 Å². The third-order valence-electron chi connectivity index (χ3n) is 3.56. The van der Waals surface area contributed by atoms with Gasteiger partial charge in [-0.15, -0.1) is 0 Å². The summed E-state index contributed by atoms with van der Waals surface area (Å²) < 4.78 is 0.922. The number of nitrogens with two attached hydrogens (primary N) is 1. The van der Waals surface area contributed by atoms with Gasteiger partial charge in [0.2, 0.25) is 0 Å². The van der Waals surface area contributed by atoms with Crippen molar-refractivity contribution in [2.45, 2.75) is 45.6 Å². The molecule has 1 aliphatic carbocycles. The fraction of sp³-hybridized carbons (Fsp3) is 0.615. The van der Waals surface area contributed by atoms with Gasteiger partial charge in [0.25, 0.3) is 0 Å². The predicted molar refractivity (Wildman–Crippen MR) is 76.0 cm³/mol. The second kappa shape index (κ2) is 4.84. The SMILES string of the molecule is CC1(C)CCC(Nc2ncc(Br)cc2N)CC1.